The summed E-state index contributed by atoms with van der Waals surface area (Å²) in [5.74, 6) is 0.461. The largest absolute Gasteiger partial charge is 0.462 e. The Bertz CT molecular complexity index is 643. The number of hydrogen-bond acceptors (Lipinski definition) is 6. The fourth-order valence-corrected chi connectivity index (χ4v) is 2.54. The Labute approximate surface area is 127 Å². The van der Waals surface area contributed by atoms with Crippen LogP contribution in [0.4, 0.5) is 0 Å². The minimum atomic E-state index is -1.45. The van der Waals surface area contributed by atoms with Crippen molar-refractivity contribution >= 4 is 10.8 Å². The molecule has 1 saturated heterocycles. The minimum absolute atomic E-state index is 0.461. The van der Waals surface area contributed by atoms with E-state index in [1.54, 1.807) is 12.1 Å². The number of aliphatic hydroxyl groups excluding tert-OH is 4. The van der Waals surface area contributed by atoms with Gasteiger partial charge >= 0.3 is 0 Å². The highest BCUT2D eigenvalue weighted by Gasteiger charge is 2.44. The first kappa shape index (κ1) is 15.2. The Kier molecular flexibility index (Phi) is 4.28. The predicted molar refractivity (Wildman–Crippen MR) is 78.3 cm³/mol. The lowest BCUT2D eigenvalue weighted by molar-refractivity contribution is -0.277. The Hall–Kier alpha value is -1.70. The van der Waals surface area contributed by atoms with Crippen LogP contribution in [0.5, 0.6) is 5.75 Å². The smallest absolute Gasteiger partial charge is 0.229 e. The van der Waals surface area contributed by atoms with Gasteiger partial charge in [0.2, 0.25) is 6.29 Å². The third-order valence-corrected chi connectivity index (χ3v) is 3.82. The first-order valence-electron chi connectivity index (χ1n) is 7.06. The number of benzene rings is 2. The van der Waals surface area contributed by atoms with Crippen LogP contribution in [0.1, 0.15) is 0 Å². The second-order valence-electron chi connectivity index (χ2n) is 5.32. The highest BCUT2D eigenvalue weighted by molar-refractivity contribution is 5.83. The van der Waals surface area contributed by atoms with Crippen LogP contribution in [0, 0.1) is 0 Å². The van der Waals surface area contributed by atoms with Gasteiger partial charge in [0.15, 0.2) is 0 Å². The third kappa shape index (κ3) is 2.79. The Morgan fingerprint density at radius 1 is 0.909 bits per heavy atom. The van der Waals surface area contributed by atoms with Gasteiger partial charge in [-0.2, -0.15) is 0 Å². The SMILES string of the molecule is OC[C@@H]1O[C@@H](Oc2ccc3ccccc3c2)[C@@H](O)[C@@H](O)[C@H]1O. The Morgan fingerprint density at radius 2 is 1.64 bits per heavy atom. The first-order chi connectivity index (χ1) is 10.6. The van der Waals surface area contributed by atoms with Crippen molar-refractivity contribution in [2.75, 3.05) is 6.61 Å². The molecule has 6 heteroatoms. The lowest BCUT2D eigenvalue weighted by Crippen LogP contribution is -2.60. The van der Waals surface area contributed by atoms with Gasteiger partial charge in [-0.25, -0.2) is 0 Å². The average molecular weight is 306 g/mol. The van der Waals surface area contributed by atoms with E-state index in [1.807, 2.05) is 30.3 Å². The third-order valence-electron chi connectivity index (χ3n) is 3.82. The molecule has 6 nitrogen and oxygen atoms in total. The molecule has 1 heterocycles. The molecule has 5 atom stereocenters. The summed E-state index contributed by atoms with van der Waals surface area (Å²) in [5.41, 5.74) is 0. The maximum atomic E-state index is 9.95. The quantitative estimate of drug-likeness (QED) is 0.638. The zero-order chi connectivity index (χ0) is 15.7. The molecule has 0 saturated carbocycles. The maximum Gasteiger partial charge on any atom is 0.229 e. The molecular weight excluding hydrogens is 288 g/mol. The molecule has 2 aromatic carbocycles. The monoisotopic (exact) mass is 306 g/mol. The molecule has 4 N–H and O–H groups in total. The number of fused-ring (bicyclic) bond motifs is 1. The number of aliphatic hydroxyl groups is 4. The van der Waals surface area contributed by atoms with E-state index in [-0.39, 0.29) is 0 Å². The standard InChI is InChI=1S/C16H18O6/c17-8-12-13(18)14(19)15(20)16(22-12)21-11-6-5-9-3-1-2-4-10(9)7-11/h1-7,12-20H,8H2/t12-,13-,14-,15-,16+/m0/s1. The molecular formula is C16H18O6. The fraction of sp³-hybridized carbons (Fsp3) is 0.375. The summed E-state index contributed by atoms with van der Waals surface area (Å²) in [5, 5.41) is 40.6. The van der Waals surface area contributed by atoms with Gasteiger partial charge in [-0.15, -0.1) is 0 Å². The zero-order valence-corrected chi connectivity index (χ0v) is 11.7. The van der Waals surface area contributed by atoms with Gasteiger partial charge in [0.25, 0.3) is 0 Å². The summed E-state index contributed by atoms with van der Waals surface area (Å²) in [7, 11) is 0. The fourth-order valence-electron chi connectivity index (χ4n) is 2.54. The van der Waals surface area contributed by atoms with E-state index in [2.05, 4.69) is 0 Å². The lowest BCUT2D eigenvalue weighted by atomic mass is 9.99. The van der Waals surface area contributed by atoms with Gasteiger partial charge in [-0.3, -0.25) is 0 Å². The number of ether oxygens (including phenoxy) is 2. The van der Waals surface area contributed by atoms with Crippen molar-refractivity contribution in [1.82, 2.24) is 0 Å². The molecule has 0 spiro atoms. The average Bonchev–Trinajstić information content (AvgIpc) is 2.55. The Balaban J connectivity index is 1.80. The molecule has 0 bridgehead atoms. The summed E-state index contributed by atoms with van der Waals surface area (Å²) in [6.07, 6.45) is -6.40. The number of rotatable bonds is 3. The molecule has 22 heavy (non-hydrogen) atoms. The topological polar surface area (TPSA) is 99.4 Å². The van der Waals surface area contributed by atoms with E-state index in [0.29, 0.717) is 5.75 Å². The highest BCUT2D eigenvalue weighted by atomic mass is 16.7. The van der Waals surface area contributed by atoms with E-state index in [9.17, 15) is 15.3 Å². The van der Waals surface area contributed by atoms with Gasteiger partial charge in [-0.1, -0.05) is 30.3 Å². The predicted octanol–water partition coefficient (Wildman–Crippen LogP) is 0.0185. The van der Waals surface area contributed by atoms with Crippen LogP contribution in [0.2, 0.25) is 0 Å². The van der Waals surface area contributed by atoms with Gasteiger partial charge in [0.05, 0.1) is 6.61 Å². The molecule has 0 aliphatic carbocycles. The zero-order valence-electron chi connectivity index (χ0n) is 11.7. The molecule has 0 aromatic heterocycles. The van der Waals surface area contributed by atoms with Gasteiger partial charge in [-0.05, 0) is 22.9 Å². The lowest BCUT2D eigenvalue weighted by Gasteiger charge is -2.39. The van der Waals surface area contributed by atoms with E-state index in [0.717, 1.165) is 10.8 Å². The molecule has 1 aliphatic rings. The van der Waals surface area contributed by atoms with Crippen molar-refractivity contribution in [2.45, 2.75) is 30.7 Å². The van der Waals surface area contributed by atoms with E-state index in [4.69, 9.17) is 14.6 Å². The van der Waals surface area contributed by atoms with Crippen LogP contribution in [-0.4, -0.2) is 57.7 Å². The van der Waals surface area contributed by atoms with Crippen LogP contribution in [0.15, 0.2) is 42.5 Å². The summed E-state index contributed by atoms with van der Waals surface area (Å²) in [6, 6.07) is 13.1. The van der Waals surface area contributed by atoms with Gasteiger partial charge in [0, 0.05) is 0 Å². The van der Waals surface area contributed by atoms with Crippen LogP contribution in [-0.2, 0) is 4.74 Å². The number of hydrogen-bond donors (Lipinski definition) is 4. The molecule has 0 unspecified atom stereocenters. The minimum Gasteiger partial charge on any atom is -0.462 e. The Morgan fingerprint density at radius 3 is 2.36 bits per heavy atom. The molecule has 2 aromatic rings. The van der Waals surface area contributed by atoms with Gasteiger partial charge in [0.1, 0.15) is 30.2 Å². The molecule has 3 rings (SSSR count). The van der Waals surface area contributed by atoms with Crippen LogP contribution < -0.4 is 4.74 Å². The molecule has 1 fully saturated rings. The maximum absolute atomic E-state index is 9.95. The summed E-state index contributed by atoms with van der Waals surface area (Å²) >= 11 is 0. The van der Waals surface area contributed by atoms with Crippen LogP contribution in [0.3, 0.4) is 0 Å². The van der Waals surface area contributed by atoms with Crippen molar-refractivity contribution in [2.24, 2.45) is 0 Å². The van der Waals surface area contributed by atoms with E-state index in [1.165, 1.54) is 0 Å². The molecule has 118 valence electrons. The first-order valence-corrected chi connectivity index (χ1v) is 7.06. The molecule has 1 aliphatic heterocycles. The normalized spacial score (nSPS) is 32.1. The van der Waals surface area contributed by atoms with Crippen molar-refractivity contribution in [3.8, 4) is 5.75 Å². The van der Waals surface area contributed by atoms with Crippen molar-refractivity contribution in [3.63, 3.8) is 0 Å². The van der Waals surface area contributed by atoms with Crippen molar-refractivity contribution in [1.29, 1.82) is 0 Å². The van der Waals surface area contributed by atoms with Gasteiger partial charge < -0.3 is 29.9 Å². The summed E-state index contributed by atoms with van der Waals surface area (Å²) in [6.45, 7) is -0.484. The van der Waals surface area contributed by atoms with Crippen LogP contribution in [0.25, 0.3) is 10.8 Å². The van der Waals surface area contributed by atoms with E-state index < -0.39 is 37.3 Å². The highest BCUT2D eigenvalue weighted by Crippen LogP contribution is 2.26. The second kappa shape index (κ2) is 6.20. The summed E-state index contributed by atoms with van der Waals surface area (Å²) in [4.78, 5) is 0. The summed E-state index contributed by atoms with van der Waals surface area (Å²) < 4.78 is 10.9. The molecule has 0 amide bonds. The van der Waals surface area contributed by atoms with Crippen LogP contribution >= 0.6 is 0 Å². The van der Waals surface area contributed by atoms with E-state index >= 15 is 0 Å². The van der Waals surface area contributed by atoms with Crippen molar-refractivity contribution < 1.29 is 29.9 Å². The second-order valence-corrected chi connectivity index (χ2v) is 5.32. The molecule has 0 radical (unpaired) electrons. The van der Waals surface area contributed by atoms with Crippen molar-refractivity contribution in [3.05, 3.63) is 42.5 Å².